The third-order valence-corrected chi connectivity index (χ3v) is 2.73. The van der Waals surface area contributed by atoms with Crippen molar-refractivity contribution in [2.75, 3.05) is 19.0 Å². The molecule has 1 N–H and O–H groups in total. The Hall–Kier alpha value is -2.24. The summed E-state index contributed by atoms with van der Waals surface area (Å²) in [5.41, 5.74) is 3.01. The van der Waals surface area contributed by atoms with Crippen molar-refractivity contribution in [3.8, 4) is 17.3 Å². The van der Waals surface area contributed by atoms with Crippen molar-refractivity contribution in [2.45, 2.75) is 20.8 Å². The molecule has 0 fully saturated rings. The molecule has 2 aromatic heterocycles. The first-order chi connectivity index (χ1) is 9.17. The van der Waals surface area contributed by atoms with Gasteiger partial charge in [-0.15, -0.1) is 0 Å². The van der Waals surface area contributed by atoms with E-state index in [9.17, 15) is 0 Å². The summed E-state index contributed by atoms with van der Waals surface area (Å²) in [5, 5.41) is 3.20. The van der Waals surface area contributed by atoms with E-state index >= 15 is 0 Å². The molecule has 0 aliphatic heterocycles. The Morgan fingerprint density at radius 3 is 2.42 bits per heavy atom. The molecule has 0 aliphatic carbocycles. The van der Waals surface area contributed by atoms with Crippen LogP contribution in [0.4, 0.5) is 5.82 Å². The van der Waals surface area contributed by atoms with Gasteiger partial charge in [0.15, 0.2) is 11.5 Å². The molecule has 0 amide bonds. The van der Waals surface area contributed by atoms with Gasteiger partial charge >= 0.3 is 0 Å². The Balaban J connectivity index is 2.62. The van der Waals surface area contributed by atoms with Crippen LogP contribution in [0.5, 0.6) is 5.88 Å². The van der Waals surface area contributed by atoms with Crippen LogP contribution in [0.3, 0.4) is 0 Å². The fraction of sp³-hybridized carbons (Fsp3) is 0.385. The van der Waals surface area contributed by atoms with Crippen molar-refractivity contribution < 1.29 is 4.74 Å². The summed E-state index contributed by atoms with van der Waals surface area (Å²) in [6, 6.07) is 0. The second-order valence-corrected chi connectivity index (χ2v) is 4.04. The van der Waals surface area contributed by atoms with Crippen LogP contribution in [0, 0.1) is 13.8 Å². The third-order valence-electron chi connectivity index (χ3n) is 2.73. The average molecular weight is 259 g/mol. The fourth-order valence-electron chi connectivity index (χ4n) is 1.70. The van der Waals surface area contributed by atoms with E-state index in [0.717, 1.165) is 17.9 Å². The van der Waals surface area contributed by atoms with E-state index in [1.54, 1.807) is 19.5 Å². The summed E-state index contributed by atoms with van der Waals surface area (Å²) < 4.78 is 5.23. The molecule has 2 aromatic rings. The summed E-state index contributed by atoms with van der Waals surface area (Å²) in [5.74, 6) is 1.14. The van der Waals surface area contributed by atoms with Crippen molar-refractivity contribution >= 4 is 5.82 Å². The molecule has 0 saturated carbocycles. The van der Waals surface area contributed by atoms with Crippen molar-refractivity contribution in [3.63, 3.8) is 0 Å². The van der Waals surface area contributed by atoms with E-state index in [1.807, 2.05) is 20.8 Å². The molecule has 0 atom stereocenters. The van der Waals surface area contributed by atoms with Crippen LogP contribution in [0.2, 0.25) is 0 Å². The Labute approximate surface area is 112 Å². The lowest BCUT2D eigenvalue weighted by molar-refractivity contribution is 0.397. The molecule has 0 aliphatic rings. The van der Waals surface area contributed by atoms with E-state index in [1.165, 1.54) is 0 Å². The van der Waals surface area contributed by atoms with Gasteiger partial charge < -0.3 is 10.1 Å². The molecule has 0 saturated heterocycles. The molecule has 0 bridgehead atoms. The summed E-state index contributed by atoms with van der Waals surface area (Å²) >= 11 is 0. The lowest BCUT2D eigenvalue weighted by atomic mass is 10.2. The highest BCUT2D eigenvalue weighted by atomic mass is 16.5. The topological polar surface area (TPSA) is 72.8 Å². The van der Waals surface area contributed by atoms with Gasteiger partial charge in [0, 0.05) is 18.9 Å². The van der Waals surface area contributed by atoms with Crippen LogP contribution in [0.15, 0.2) is 12.4 Å². The zero-order chi connectivity index (χ0) is 13.8. The highest BCUT2D eigenvalue weighted by Crippen LogP contribution is 2.29. The number of methoxy groups -OCH3 is 1. The number of hydrogen-bond donors (Lipinski definition) is 1. The van der Waals surface area contributed by atoms with Gasteiger partial charge in [-0.1, -0.05) is 0 Å². The van der Waals surface area contributed by atoms with Crippen molar-refractivity contribution in [2.24, 2.45) is 0 Å². The van der Waals surface area contributed by atoms with E-state index in [-0.39, 0.29) is 0 Å². The molecular weight excluding hydrogens is 242 g/mol. The largest absolute Gasteiger partial charge is 0.479 e. The summed E-state index contributed by atoms with van der Waals surface area (Å²) in [6.45, 7) is 6.62. The Morgan fingerprint density at radius 2 is 1.74 bits per heavy atom. The lowest BCUT2D eigenvalue weighted by Crippen LogP contribution is -2.07. The summed E-state index contributed by atoms with van der Waals surface area (Å²) in [6.07, 6.45) is 3.20. The molecule has 0 radical (unpaired) electrons. The predicted molar refractivity (Wildman–Crippen MR) is 73.2 cm³/mol. The van der Waals surface area contributed by atoms with E-state index in [4.69, 9.17) is 4.74 Å². The zero-order valence-corrected chi connectivity index (χ0v) is 11.6. The van der Waals surface area contributed by atoms with Crippen LogP contribution in [-0.4, -0.2) is 33.6 Å². The monoisotopic (exact) mass is 259 g/mol. The number of aromatic nitrogens is 4. The standard InChI is InChI=1S/C13H17N5O/c1-5-14-12-10(17-8(2)9(3)18-12)11-13(19-4)16-7-6-15-11/h6-7H,5H2,1-4H3,(H,14,18). The van der Waals surface area contributed by atoms with Gasteiger partial charge in [0.2, 0.25) is 5.88 Å². The van der Waals surface area contributed by atoms with Crippen LogP contribution in [0.25, 0.3) is 11.4 Å². The number of aryl methyl sites for hydroxylation is 2. The van der Waals surface area contributed by atoms with Gasteiger partial charge in [-0.3, -0.25) is 0 Å². The number of nitrogens with one attached hydrogen (secondary N) is 1. The predicted octanol–water partition coefficient (Wildman–Crippen LogP) is 1.99. The minimum atomic E-state index is 0.444. The number of anilines is 1. The summed E-state index contributed by atoms with van der Waals surface area (Å²) in [4.78, 5) is 17.5. The molecular formula is C13H17N5O. The van der Waals surface area contributed by atoms with Gasteiger partial charge in [0.1, 0.15) is 5.69 Å². The molecule has 6 nitrogen and oxygen atoms in total. The number of nitrogens with zero attached hydrogens (tertiary/aromatic N) is 4. The molecule has 0 unspecified atom stereocenters. The lowest BCUT2D eigenvalue weighted by Gasteiger charge is -2.12. The first kappa shape index (κ1) is 13.2. The van der Waals surface area contributed by atoms with Crippen LogP contribution in [-0.2, 0) is 0 Å². The van der Waals surface area contributed by atoms with Crippen molar-refractivity contribution in [1.29, 1.82) is 0 Å². The average Bonchev–Trinajstić information content (AvgIpc) is 2.43. The first-order valence-corrected chi connectivity index (χ1v) is 6.11. The maximum Gasteiger partial charge on any atom is 0.242 e. The normalized spacial score (nSPS) is 10.3. The van der Waals surface area contributed by atoms with Gasteiger partial charge in [0.05, 0.1) is 18.5 Å². The number of hydrogen-bond acceptors (Lipinski definition) is 6. The Morgan fingerprint density at radius 1 is 1.05 bits per heavy atom. The second-order valence-electron chi connectivity index (χ2n) is 4.04. The highest BCUT2D eigenvalue weighted by molar-refractivity contribution is 5.72. The Bertz CT molecular complexity index is 585. The van der Waals surface area contributed by atoms with Crippen molar-refractivity contribution in [1.82, 2.24) is 19.9 Å². The van der Waals surface area contributed by atoms with Crippen LogP contribution >= 0.6 is 0 Å². The van der Waals surface area contributed by atoms with E-state index in [2.05, 4.69) is 25.3 Å². The molecule has 2 heterocycles. The van der Waals surface area contributed by atoms with Gasteiger partial charge in [-0.05, 0) is 20.8 Å². The fourth-order valence-corrected chi connectivity index (χ4v) is 1.70. The second kappa shape index (κ2) is 5.60. The smallest absolute Gasteiger partial charge is 0.242 e. The molecule has 0 aromatic carbocycles. The van der Waals surface area contributed by atoms with Crippen LogP contribution < -0.4 is 10.1 Å². The quantitative estimate of drug-likeness (QED) is 0.905. The SMILES string of the molecule is CCNc1nc(C)c(C)nc1-c1nccnc1OC. The van der Waals surface area contributed by atoms with Gasteiger partial charge in [0.25, 0.3) is 0 Å². The van der Waals surface area contributed by atoms with Crippen molar-refractivity contribution in [3.05, 3.63) is 23.8 Å². The minimum Gasteiger partial charge on any atom is -0.479 e. The molecule has 19 heavy (non-hydrogen) atoms. The van der Waals surface area contributed by atoms with Crippen LogP contribution in [0.1, 0.15) is 18.3 Å². The van der Waals surface area contributed by atoms with E-state index in [0.29, 0.717) is 23.1 Å². The molecule has 0 spiro atoms. The van der Waals surface area contributed by atoms with E-state index < -0.39 is 0 Å². The molecule has 6 heteroatoms. The molecule has 2 rings (SSSR count). The maximum atomic E-state index is 5.23. The maximum absolute atomic E-state index is 5.23. The third kappa shape index (κ3) is 2.62. The highest BCUT2D eigenvalue weighted by Gasteiger charge is 2.16. The zero-order valence-electron chi connectivity index (χ0n) is 11.6. The number of rotatable bonds is 4. The Kier molecular flexibility index (Phi) is 3.89. The summed E-state index contributed by atoms with van der Waals surface area (Å²) in [7, 11) is 1.56. The van der Waals surface area contributed by atoms with Gasteiger partial charge in [-0.25, -0.2) is 19.9 Å². The first-order valence-electron chi connectivity index (χ1n) is 6.11. The minimum absolute atomic E-state index is 0.444. The molecule has 100 valence electrons. The number of ether oxygens (including phenoxy) is 1. The van der Waals surface area contributed by atoms with Gasteiger partial charge in [-0.2, -0.15) is 0 Å².